The van der Waals surface area contributed by atoms with E-state index >= 15 is 0 Å². The maximum atomic E-state index is 11.4. The molecule has 0 saturated carbocycles. The van der Waals surface area contributed by atoms with Crippen LogP contribution in [0.15, 0.2) is 24.3 Å². The molecule has 0 amide bonds. The number of hydrogen-bond acceptors (Lipinski definition) is 8. The van der Waals surface area contributed by atoms with Gasteiger partial charge in [0.05, 0.1) is 26.2 Å². The van der Waals surface area contributed by atoms with Gasteiger partial charge in [0, 0.05) is 6.08 Å². The number of esters is 2. The van der Waals surface area contributed by atoms with E-state index in [-0.39, 0.29) is 0 Å². The first kappa shape index (κ1) is 20.3. The molecule has 0 bridgehead atoms. The molecule has 8 nitrogen and oxygen atoms in total. The molecule has 0 aliphatic carbocycles. The van der Waals surface area contributed by atoms with Crippen LogP contribution in [0.3, 0.4) is 0 Å². The van der Waals surface area contributed by atoms with Crippen LogP contribution in [-0.4, -0.2) is 71.0 Å². The predicted octanol–water partition coefficient (Wildman–Crippen LogP) is -1.47. The van der Waals surface area contributed by atoms with Crippen molar-refractivity contribution >= 4 is 11.9 Å². The minimum absolute atomic E-state index is 0.413. The van der Waals surface area contributed by atoms with Gasteiger partial charge in [-0.05, 0) is 13.0 Å². The van der Waals surface area contributed by atoms with E-state index in [4.69, 9.17) is 9.84 Å². The highest BCUT2D eigenvalue weighted by molar-refractivity contribution is 5.82. The smallest absolute Gasteiger partial charge is 0.335 e. The Morgan fingerprint density at radius 1 is 1.14 bits per heavy atom. The summed E-state index contributed by atoms with van der Waals surface area (Å²) in [5, 5.41) is 37.4. The fraction of sp³-hybridized carbons (Fsp3) is 0.571. The van der Waals surface area contributed by atoms with E-state index < -0.39 is 49.4 Å². The summed E-state index contributed by atoms with van der Waals surface area (Å²) in [5.74, 6) is -2.83. The maximum Gasteiger partial charge on any atom is 0.335 e. The Hall–Kier alpha value is -1.74. The minimum Gasteiger partial charge on any atom is -0.467 e. The molecule has 0 aromatic carbocycles. The van der Waals surface area contributed by atoms with Gasteiger partial charge in [0.1, 0.15) is 12.2 Å². The lowest BCUT2D eigenvalue weighted by Crippen LogP contribution is -2.36. The van der Waals surface area contributed by atoms with Gasteiger partial charge < -0.3 is 29.9 Å². The Bertz CT molecular complexity index is 404. The lowest BCUT2D eigenvalue weighted by Gasteiger charge is -2.18. The van der Waals surface area contributed by atoms with Crippen molar-refractivity contribution < 1.29 is 39.5 Å². The van der Waals surface area contributed by atoms with E-state index in [1.54, 1.807) is 13.0 Å². The van der Waals surface area contributed by atoms with Gasteiger partial charge in [-0.1, -0.05) is 12.2 Å². The number of ether oxygens (including phenoxy) is 2. The van der Waals surface area contributed by atoms with Crippen molar-refractivity contribution in [3.05, 3.63) is 24.3 Å². The lowest BCUT2D eigenvalue weighted by molar-refractivity contribution is -0.158. The van der Waals surface area contributed by atoms with Crippen LogP contribution in [0.5, 0.6) is 0 Å². The molecule has 0 rings (SSSR count). The summed E-state index contributed by atoms with van der Waals surface area (Å²) in [6, 6.07) is 0. The Morgan fingerprint density at radius 3 is 2.23 bits per heavy atom. The van der Waals surface area contributed by atoms with Crippen molar-refractivity contribution in [3.8, 4) is 0 Å². The van der Waals surface area contributed by atoms with Crippen molar-refractivity contribution in [1.29, 1.82) is 0 Å². The standard InChI is InChI=1S/C14H22O8/c1-3-4-10(16)11(17)5-6-12(18)22-8-9(7-15)13(19)14(20)21-2/h3-6,9-11,13,15-17,19H,7-8H2,1-2H3/b4-3-,6-5+/t9-,10-,11+,13+/m0/s1. The molecule has 0 aromatic rings. The largest absolute Gasteiger partial charge is 0.467 e. The molecule has 8 heteroatoms. The fourth-order valence-electron chi connectivity index (χ4n) is 1.40. The van der Waals surface area contributed by atoms with E-state index in [9.17, 15) is 24.9 Å². The highest BCUT2D eigenvalue weighted by Gasteiger charge is 2.27. The summed E-state index contributed by atoms with van der Waals surface area (Å²) in [7, 11) is 1.08. The predicted molar refractivity (Wildman–Crippen MR) is 75.5 cm³/mol. The van der Waals surface area contributed by atoms with Crippen LogP contribution in [0.2, 0.25) is 0 Å². The SMILES string of the molecule is C/C=C\[C@H](O)[C@H](O)/C=C/C(=O)OC[C@H](CO)[C@@H](O)C(=O)OC. The Morgan fingerprint density at radius 2 is 1.73 bits per heavy atom. The molecule has 0 aliphatic rings. The Labute approximate surface area is 128 Å². The molecule has 0 aliphatic heterocycles. The number of allylic oxidation sites excluding steroid dienone is 1. The van der Waals surface area contributed by atoms with Crippen molar-refractivity contribution in [2.75, 3.05) is 20.3 Å². The summed E-state index contributed by atoms with van der Waals surface area (Å²) in [4.78, 5) is 22.5. The van der Waals surface area contributed by atoms with Gasteiger partial charge in [0.2, 0.25) is 0 Å². The first-order valence-corrected chi connectivity index (χ1v) is 6.58. The lowest BCUT2D eigenvalue weighted by atomic mass is 10.1. The van der Waals surface area contributed by atoms with Crippen molar-refractivity contribution in [1.82, 2.24) is 0 Å². The van der Waals surface area contributed by atoms with Crippen molar-refractivity contribution in [3.63, 3.8) is 0 Å². The summed E-state index contributed by atoms with van der Waals surface area (Å²) >= 11 is 0. The third-order valence-corrected chi connectivity index (χ3v) is 2.73. The van der Waals surface area contributed by atoms with Crippen LogP contribution < -0.4 is 0 Å². The van der Waals surface area contributed by atoms with E-state index in [0.29, 0.717) is 0 Å². The molecule has 0 radical (unpaired) electrons. The molecule has 0 heterocycles. The van der Waals surface area contributed by atoms with E-state index in [1.165, 1.54) is 6.08 Å². The Balaban J connectivity index is 4.39. The third kappa shape index (κ3) is 7.32. The number of aliphatic hydroxyl groups is 4. The topological polar surface area (TPSA) is 134 Å². The Kier molecular flexibility index (Phi) is 10.0. The van der Waals surface area contributed by atoms with Gasteiger partial charge in [-0.25, -0.2) is 9.59 Å². The third-order valence-electron chi connectivity index (χ3n) is 2.73. The number of carbonyl (C=O) groups is 2. The number of methoxy groups -OCH3 is 1. The average molecular weight is 318 g/mol. The summed E-state index contributed by atoms with van der Waals surface area (Å²) in [6.45, 7) is 0.662. The van der Waals surface area contributed by atoms with E-state index in [0.717, 1.165) is 19.3 Å². The zero-order chi connectivity index (χ0) is 17.1. The molecule has 4 N–H and O–H groups in total. The van der Waals surface area contributed by atoms with Gasteiger partial charge in [0.25, 0.3) is 0 Å². The summed E-state index contributed by atoms with van der Waals surface area (Å²) in [6.07, 6.45) is 0.774. The maximum absolute atomic E-state index is 11.4. The molecular weight excluding hydrogens is 296 g/mol. The number of aliphatic hydroxyl groups excluding tert-OH is 4. The minimum atomic E-state index is -1.62. The van der Waals surface area contributed by atoms with Gasteiger partial charge in [-0.15, -0.1) is 0 Å². The molecule has 0 aromatic heterocycles. The number of rotatable bonds is 9. The summed E-state index contributed by atoms with van der Waals surface area (Å²) in [5.41, 5.74) is 0. The molecule has 0 fully saturated rings. The summed E-state index contributed by atoms with van der Waals surface area (Å²) < 4.78 is 9.04. The number of hydrogen-bond donors (Lipinski definition) is 4. The first-order valence-electron chi connectivity index (χ1n) is 6.58. The number of carbonyl (C=O) groups excluding carboxylic acids is 2. The quantitative estimate of drug-likeness (QED) is 0.230. The zero-order valence-electron chi connectivity index (χ0n) is 12.5. The zero-order valence-corrected chi connectivity index (χ0v) is 12.5. The average Bonchev–Trinajstić information content (AvgIpc) is 2.52. The van der Waals surface area contributed by atoms with Gasteiger partial charge in [-0.3, -0.25) is 0 Å². The highest BCUT2D eigenvalue weighted by atomic mass is 16.5. The monoisotopic (exact) mass is 318 g/mol. The highest BCUT2D eigenvalue weighted by Crippen LogP contribution is 2.06. The van der Waals surface area contributed by atoms with Crippen molar-refractivity contribution in [2.45, 2.75) is 25.2 Å². The van der Waals surface area contributed by atoms with Crippen LogP contribution in [0.4, 0.5) is 0 Å². The van der Waals surface area contributed by atoms with Crippen LogP contribution >= 0.6 is 0 Å². The van der Waals surface area contributed by atoms with Crippen LogP contribution in [0.1, 0.15) is 6.92 Å². The van der Waals surface area contributed by atoms with Crippen LogP contribution in [0.25, 0.3) is 0 Å². The van der Waals surface area contributed by atoms with Crippen LogP contribution in [-0.2, 0) is 19.1 Å². The molecule has 22 heavy (non-hydrogen) atoms. The van der Waals surface area contributed by atoms with E-state index in [2.05, 4.69) is 4.74 Å². The van der Waals surface area contributed by atoms with E-state index in [1.807, 2.05) is 0 Å². The van der Waals surface area contributed by atoms with Crippen LogP contribution in [0, 0.1) is 5.92 Å². The molecule has 0 spiro atoms. The molecule has 126 valence electrons. The van der Waals surface area contributed by atoms with Crippen molar-refractivity contribution in [2.24, 2.45) is 5.92 Å². The molecular formula is C14H22O8. The second-order valence-electron chi connectivity index (χ2n) is 4.41. The van der Waals surface area contributed by atoms with Gasteiger partial charge in [0.15, 0.2) is 6.10 Å². The van der Waals surface area contributed by atoms with Gasteiger partial charge in [-0.2, -0.15) is 0 Å². The normalized spacial score (nSPS) is 17.2. The first-order chi connectivity index (χ1) is 10.4. The van der Waals surface area contributed by atoms with Gasteiger partial charge >= 0.3 is 11.9 Å². The second-order valence-corrected chi connectivity index (χ2v) is 4.41. The molecule has 0 unspecified atom stereocenters. The molecule has 4 atom stereocenters. The molecule has 0 saturated heterocycles. The fourth-order valence-corrected chi connectivity index (χ4v) is 1.40. The second kappa shape index (κ2) is 10.9.